The molecule has 1 aromatic heterocycles. The molecule has 7 heteroatoms. The summed E-state index contributed by atoms with van der Waals surface area (Å²) in [4.78, 5) is 12.0. The van der Waals surface area contributed by atoms with Crippen LogP contribution in [0.25, 0.3) is 5.69 Å². The zero-order valence-electron chi connectivity index (χ0n) is 12.5. The van der Waals surface area contributed by atoms with Gasteiger partial charge >= 0.3 is 0 Å². The Balaban J connectivity index is 1.68. The van der Waals surface area contributed by atoms with Crippen LogP contribution in [0, 0.1) is 11.6 Å². The van der Waals surface area contributed by atoms with Crippen LogP contribution >= 0.6 is 0 Å². The van der Waals surface area contributed by atoms with Gasteiger partial charge in [-0.2, -0.15) is 5.10 Å². The largest absolute Gasteiger partial charge is 0.374 e. The molecule has 0 aliphatic carbocycles. The van der Waals surface area contributed by atoms with Crippen molar-refractivity contribution in [2.75, 3.05) is 17.2 Å². The highest BCUT2D eigenvalue weighted by atomic mass is 19.1. The van der Waals surface area contributed by atoms with Crippen LogP contribution in [0.2, 0.25) is 0 Å². The number of rotatable bonds is 5. The Morgan fingerprint density at radius 2 is 1.92 bits per heavy atom. The Hall–Kier alpha value is -3.22. The van der Waals surface area contributed by atoms with Crippen LogP contribution in [-0.4, -0.2) is 22.2 Å². The number of nitrogens with one attached hydrogen (secondary N) is 2. The average molecular weight is 328 g/mol. The first-order valence-corrected chi connectivity index (χ1v) is 7.21. The number of halogens is 2. The van der Waals surface area contributed by atoms with Crippen molar-refractivity contribution in [3.8, 4) is 5.69 Å². The number of hydrogen-bond acceptors (Lipinski definition) is 3. The number of hydrogen-bond donors (Lipinski definition) is 2. The fourth-order valence-electron chi connectivity index (χ4n) is 2.20. The fourth-order valence-corrected chi connectivity index (χ4v) is 2.20. The minimum atomic E-state index is -0.693. The molecule has 0 saturated heterocycles. The van der Waals surface area contributed by atoms with Gasteiger partial charge in [-0.3, -0.25) is 4.79 Å². The van der Waals surface area contributed by atoms with Gasteiger partial charge in [0.05, 0.1) is 23.6 Å². The van der Waals surface area contributed by atoms with Crippen molar-refractivity contribution < 1.29 is 13.6 Å². The number of aromatic nitrogens is 2. The van der Waals surface area contributed by atoms with Gasteiger partial charge < -0.3 is 10.6 Å². The van der Waals surface area contributed by atoms with E-state index in [2.05, 4.69) is 15.7 Å². The van der Waals surface area contributed by atoms with E-state index < -0.39 is 17.5 Å². The van der Waals surface area contributed by atoms with Gasteiger partial charge in [0.1, 0.15) is 11.6 Å². The lowest BCUT2D eigenvalue weighted by Crippen LogP contribution is -2.23. The molecule has 0 spiro atoms. The Labute approximate surface area is 136 Å². The highest BCUT2D eigenvalue weighted by Gasteiger charge is 2.10. The number of amides is 1. The highest BCUT2D eigenvalue weighted by molar-refractivity contribution is 5.94. The molecule has 3 rings (SSSR count). The van der Waals surface area contributed by atoms with Crippen molar-refractivity contribution in [2.45, 2.75) is 0 Å². The van der Waals surface area contributed by atoms with Crippen LogP contribution in [0.3, 0.4) is 0 Å². The van der Waals surface area contributed by atoms with Gasteiger partial charge in [0.2, 0.25) is 5.91 Å². The van der Waals surface area contributed by atoms with Crippen LogP contribution in [0.5, 0.6) is 0 Å². The number of nitrogens with zero attached hydrogens (tertiary/aromatic N) is 2. The third-order valence-electron chi connectivity index (χ3n) is 3.30. The maximum absolute atomic E-state index is 13.5. The zero-order valence-corrected chi connectivity index (χ0v) is 12.5. The van der Waals surface area contributed by atoms with E-state index >= 15 is 0 Å². The van der Waals surface area contributed by atoms with E-state index in [4.69, 9.17) is 0 Å². The molecular weight excluding hydrogens is 314 g/mol. The predicted molar refractivity (Wildman–Crippen MR) is 87.0 cm³/mol. The van der Waals surface area contributed by atoms with Crippen molar-refractivity contribution in [1.29, 1.82) is 0 Å². The minimum absolute atomic E-state index is 0.103. The fraction of sp³-hybridized carbons (Fsp3) is 0.0588. The highest BCUT2D eigenvalue weighted by Crippen LogP contribution is 2.19. The molecule has 0 fully saturated rings. The van der Waals surface area contributed by atoms with E-state index in [9.17, 15) is 13.6 Å². The second kappa shape index (κ2) is 6.91. The Bertz CT molecular complexity index is 850. The first-order chi connectivity index (χ1) is 11.6. The van der Waals surface area contributed by atoms with Crippen LogP contribution in [0.15, 0.2) is 60.9 Å². The Morgan fingerprint density at radius 1 is 1.08 bits per heavy atom. The lowest BCUT2D eigenvalue weighted by Gasteiger charge is -2.12. The van der Waals surface area contributed by atoms with Crippen molar-refractivity contribution in [3.05, 3.63) is 72.6 Å². The molecule has 24 heavy (non-hydrogen) atoms. The van der Waals surface area contributed by atoms with E-state index in [0.717, 1.165) is 23.9 Å². The van der Waals surface area contributed by atoms with Crippen molar-refractivity contribution >= 4 is 17.3 Å². The Kier molecular flexibility index (Phi) is 4.51. The quantitative estimate of drug-likeness (QED) is 0.756. The Morgan fingerprint density at radius 3 is 2.71 bits per heavy atom. The molecule has 0 saturated carbocycles. The van der Waals surface area contributed by atoms with Gasteiger partial charge in [0, 0.05) is 18.5 Å². The second-order valence-corrected chi connectivity index (χ2v) is 4.99. The summed E-state index contributed by atoms with van der Waals surface area (Å²) in [6.45, 7) is -0.103. The van der Waals surface area contributed by atoms with Gasteiger partial charge in [-0.15, -0.1) is 0 Å². The minimum Gasteiger partial charge on any atom is -0.374 e. The van der Waals surface area contributed by atoms with E-state index in [0.29, 0.717) is 5.69 Å². The number of carbonyl (C=O) groups is 1. The maximum Gasteiger partial charge on any atom is 0.243 e. The number of carbonyl (C=O) groups excluding carboxylic acids is 1. The lowest BCUT2D eigenvalue weighted by atomic mass is 10.2. The van der Waals surface area contributed by atoms with Crippen molar-refractivity contribution in [1.82, 2.24) is 9.78 Å². The van der Waals surface area contributed by atoms with Crippen LogP contribution in [-0.2, 0) is 4.79 Å². The molecule has 0 atom stereocenters. The summed E-state index contributed by atoms with van der Waals surface area (Å²) >= 11 is 0. The molecule has 0 unspecified atom stereocenters. The summed E-state index contributed by atoms with van der Waals surface area (Å²) in [6, 6.07) is 12.0. The van der Waals surface area contributed by atoms with Gasteiger partial charge in [-0.05, 0) is 30.3 Å². The van der Waals surface area contributed by atoms with Crippen molar-refractivity contribution in [2.24, 2.45) is 0 Å². The molecule has 3 aromatic rings. The van der Waals surface area contributed by atoms with E-state index in [1.807, 2.05) is 18.2 Å². The molecule has 5 nitrogen and oxygen atoms in total. The number of anilines is 2. The SMILES string of the molecule is O=C(CNc1ccccc1-n1cccn1)Nc1cc(F)ccc1F. The van der Waals surface area contributed by atoms with Gasteiger partial charge in [0.15, 0.2) is 0 Å². The summed E-state index contributed by atoms with van der Waals surface area (Å²) in [5, 5.41) is 9.45. The zero-order chi connectivity index (χ0) is 16.9. The van der Waals surface area contributed by atoms with E-state index in [-0.39, 0.29) is 12.2 Å². The number of benzene rings is 2. The molecule has 0 bridgehead atoms. The molecule has 0 aliphatic heterocycles. The van der Waals surface area contributed by atoms with Crippen molar-refractivity contribution in [3.63, 3.8) is 0 Å². The summed E-state index contributed by atoms with van der Waals surface area (Å²) in [7, 11) is 0. The molecule has 122 valence electrons. The first-order valence-electron chi connectivity index (χ1n) is 7.21. The third-order valence-corrected chi connectivity index (χ3v) is 3.30. The van der Waals surface area contributed by atoms with Gasteiger partial charge in [0.25, 0.3) is 0 Å². The topological polar surface area (TPSA) is 59.0 Å². The van der Waals surface area contributed by atoms with Crippen LogP contribution < -0.4 is 10.6 Å². The normalized spacial score (nSPS) is 10.4. The molecule has 1 heterocycles. The third kappa shape index (κ3) is 3.57. The standard InChI is InChI=1S/C17H14F2N4O/c18-12-6-7-13(19)15(10-12)22-17(24)11-20-14-4-1-2-5-16(14)23-9-3-8-21-23/h1-10,20H,11H2,(H,22,24). The monoisotopic (exact) mass is 328 g/mol. The molecule has 2 aromatic carbocycles. The first kappa shape index (κ1) is 15.7. The van der Waals surface area contributed by atoms with E-state index in [1.54, 1.807) is 29.2 Å². The average Bonchev–Trinajstić information content (AvgIpc) is 3.11. The molecular formula is C17H14F2N4O. The summed E-state index contributed by atoms with van der Waals surface area (Å²) in [6.07, 6.45) is 3.43. The van der Waals surface area contributed by atoms with Gasteiger partial charge in [-0.25, -0.2) is 13.5 Å². The van der Waals surface area contributed by atoms with E-state index in [1.165, 1.54) is 0 Å². The van der Waals surface area contributed by atoms with Crippen LogP contribution in [0.1, 0.15) is 0 Å². The molecule has 1 amide bonds. The summed E-state index contributed by atoms with van der Waals surface area (Å²) in [5.74, 6) is -1.81. The molecule has 0 radical (unpaired) electrons. The smallest absolute Gasteiger partial charge is 0.243 e. The van der Waals surface area contributed by atoms with Crippen LogP contribution in [0.4, 0.5) is 20.2 Å². The summed E-state index contributed by atoms with van der Waals surface area (Å²) < 4.78 is 28.3. The number of para-hydroxylation sites is 2. The molecule has 2 N–H and O–H groups in total. The summed E-state index contributed by atoms with van der Waals surface area (Å²) in [5.41, 5.74) is 1.27. The maximum atomic E-state index is 13.5. The molecule has 0 aliphatic rings. The second-order valence-electron chi connectivity index (χ2n) is 4.99. The predicted octanol–water partition coefficient (Wildman–Crippen LogP) is 3.20. The lowest BCUT2D eigenvalue weighted by molar-refractivity contribution is -0.114. The van der Waals surface area contributed by atoms with Gasteiger partial charge in [-0.1, -0.05) is 12.1 Å².